The zero-order chi connectivity index (χ0) is 21.6. The number of amides is 1. The number of thiocarbonyl (C=S) groups is 1. The van der Waals surface area contributed by atoms with E-state index in [9.17, 15) is 4.79 Å². The van der Waals surface area contributed by atoms with E-state index >= 15 is 0 Å². The second-order valence-electron chi connectivity index (χ2n) is 5.88. The van der Waals surface area contributed by atoms with Crippen LogP contribution in [0.4, 0.5) is 10.5 Å². The summed E-state index contributed by atoms with van der Waals surface area (Å²) in [5, 5.41) is 8.37. The largest absolute Gasteiger partial charge is 0.445 e. The molecule has 29 heavy (non-hydrogen) atoms. The maximum absolute atomic E-state index is 12.1. The molecule has 1 unspecified atom stereocenters. The normalized spacial score (nSPS) is 12.1. The summed E-state index contributed by atoms with van der Waals surface area (Å²) in [5.41, 5.74) is 2.56. The number of carbonyl (C=O) groups is 1. The van der Waals surface area contributed by atoms with Gasteiger partial charge in [-0.05, 0) is 74.3 Å². The lowest BCUT2D eigenvalue weighted by Gasteiger charge is -2.27. The molecule has 0 saturated heterocycles. The molecule has 2 aromatic carbocycles. The Morgan fingerprint density at radius 2 is 1.72 bits per heavy atom. The van der Waals surface area contributed by atoms with Crippen LogP contribution in [0.15, 0.2) is 51.4 Å². The van der Waals surface area contributed by atoms with E-state index in [0.717, 1.165) is 20.1 Å². The maximum Gasteiger partial charge on any atom is 0.409 e. The van der Waals surface area contributed by atoms with E-state index in [-0.39, 0.29) is 11.7 Å². The molecule has 0 aliphatic heterocycles. The van der Waals surface area contributed by atoms with Gasteiger partial charge in [0.05, 0.1) is 5.69 Å². The monoisotopic (exact) mass is 601 g/mol. The van der Waals surface area contributed by atoms with E-state index in [1.165, 1.54) is 0 Å². The molecule has 2 aromatic rings. The highest BCUT2D eigenvalue weighted by Crippen LogP contribution is 2.33. The minimum Gasteiger partial charge on any atom is -0.445 e. The van der Waals surface area contributed by atoms with Gasteiger partial charge in [0.1, 0.15) is 6.61 Å². The Morgan fingerprint density at radius 1 is 1.14 bits per heavy atom. The smallest absolute Gasteiger partial charge is 0.409 e. The molecule has 1 amide bonds. The molecular weight excluding hydrogens is 588 g/mol. The Balaban J connectivity index is 1.99. The lowest BCUT2D eigenvalue weighted by atomic mass is 10.2. The predicted molar refractivity (Wildman–Crippen MR) is 130 cm³/mol. The quantitative estimate of drug-likeness (QED) is 0.209. The number of nitrogens with one attached hydrogen (secondary N) is 3. The van der Waals surface area contributed by atoms with Crippen molar-refractivity contribution in [3.05, 3.63) is 62.5 Å². The highest BCUT2D eigenvalue weighted by molar-refractivity contribution is 9.11. The number of benzene rings is 2. The minimum atomic E-state index is -1.89. The first-order valence-corrected chi connectivity index (χ1v) is 11.3. The van der Waals surface area contributed by atoms with Crippen LogP contribution in [-0.2, 0) is 11.3 Å². The summed E-state index contributed by atoms with van der Waals surface area (Å²) in [6.45, 7) is 2.03. The number of ether oxygens (including phenoxy) is 1. The van der Waals surface area contributed by atoms with Crippen molar-refractivity contribution in [3.8, 4) is 0 Å². The van der Waals surface area contributed by atoms with E-state index in [2.05, 4.69) is 47.8 Å². The molecule has 5 nitrogen and oxygen atoms in total. The van der Waals surface area contributed by atoms with E-state index in [4.69, 9.17) is 51.8 Å². The van der Waals surface area contributed by atoms with Crippen LogP contribution in [0.3, 0.4) is 0 Å². The standard InChI is InChI=1S/C18H16Br2Cl3N3O2S/c1-10-7-12(19)14(13(20)8-10)24-16(29)25-15(18(21,22)23)26-17(27)28-9-11-5-3-2-4-6-11/h2-8,15H,9H2,1H3,(H,26,27)(H2,24,25,29). The van der Waals surface area contributed by atoms with Crippen molar-refractivity contribution in [2.45, 2.75) is 23.5 Å². The first-order valence-electron chi connectivity index (χ1n) is 8.13. The summed E-state index contributed by atoms with van der Waals surface area (Å²) in [5.74, 6) is 0. The topological polar surface area (TPSA) is 62.4 Å². The summed E-state index contributed by atoms with van der Waals surface area (Å²) in [7, 11) is 0. The van der Waals surface area contributed by atoms with Crippen molar-refractivity contribution < 1.29 is 9.53 Å². The Bertz CT molecular complexity index is 859. The highest BCUT2D eigenvalue weighted by Gasteiger charge is 2.35. The third-order valence-corrected chi connectivity index (χ3v) is 5.63. The molecule has 11 heteroatoms. The number of carbonyl (C=O) groups excluding carboxylic acids is 1. The minimum absolute atomic E-state index is 0.0746. The molecule has 0 heterocycles. The number of alkyl carbamates (subject to hydrolysis) is 1. The third kappa shape index (κ3) is 8.11. The van der Waals surface area contributed by atoms with Crippen molar-refractivity contribution in [1.29, 1.82) is 0 Å². The molecule has 0 aliphatic rings. The lowest BCUT2D eigenvalue weighted by Crippen LogP contribution is -2.56. The van der Waals surface area contributed by atoms with Gasteiger partial charge in [0.25, 0.3) is 0 Å². The molecule has 156 valence electrons. The second kappa shape index (κ2) is 11.0. The Labute approximate surface area is 206 Å². The first-order chi connectivity index (χ1) is 13.6. The zero-order valence-corrected chi connectivity index (χ0v) is 21.2. The second-order valence-corrected chi connectivity index (χ2v) is 10.4. The fraction of sp³-hybridized carbons (Fsp3) is 0.222. The van der Waals surface area contributed by atoms with Crippen molar-refractivity contribution in [1.82, 2.24) is 10.6 Å². The molecule has 0 aliphatic carbocycles. The van der Waals surface area contributed by atoms with Gasteiger partial charge < -0.3 is 15.4 Å². The van der Waals surface area contributed by atoms with Gasteiger partial charge in [0, 0.05) is 8.95 Å². The fourth-order valence-electron chi connectivity index (χ4n) is 2.18. The van der Waals surface area contributed by atoms with E-state index in [0.29, 0.717) is 5.69 Å². The molecule has 0 aromatic heterocycles. The number of hydrogen-bond donors (Lipinski definition) is 3. The molecule has 0 fully saturated rings. The number of rotatable bonds is 5. The van der Waals surface area contributed by atoms with Gasteiger partial charge in [-0.25, -0.2) is 4.79 Å². The fourth-order valence-corrected chi connectivity index (χ4v) is 4.34. The van der Waals surface area contributed by atoms with Crippen LogP contribution in [0.2, 0.25) is 0 Å². The summed E-state index contributed by atoms with van der Waals surface area (Å²) in [6.07, 6.45) is -1.91. The summed E-state index contributed by atoms with van der Waals surface area (Å²) in [4.78, 5) is 12.1. The predicted octanol–water partition coefficient (Wildman–Crippen LogP) is 6.43. The highest BCUT2D eigenvalue weighted by atomic mass is 79.9. The molecule has 3 N–H and O–H groups in total. The van der Waals surface area contributed by atoms with Crippen molar-refractivity contribution >= 4 is 95.8 Å². The Hall–Kier alpha value is -0.770. The molecule has 0 saturated carbocycles. The molecule has 2 rings (SSSR count). The van der Waals surface area contributed by atoms with E-state index < -0.39 is 16.1 Å². The SMILES string of the molecule is Cc1cc(Br)c(NC(=S)NC(NC(=O)OCc2ccccc2)C(Cl)(Cl)Cl)c(Br)c1. The Morgan fingerprint density at radius 3 is 2.28 bits per heavy atom. The van der Waals surface area contributed by atoms with Crippen molar-refractivity contribution in [2.75, 3.05) is 5.32 Å². The summed E-state index contributed by atoms with van der Waals surface area (Å²) >= 11 is 30.2. The first kappa shape index (κ1) is 24.5. The van der Waals surface area contributed by atoms with Crippen LogP contribution >= 0.6 is 78.9 Å². The Kier molecular flexibility index (Phi) is 9.31. The van der Waals surface area contributed by atoms with Gasteiger partial charge >= 0.3 is 6.09 Å². The summed E-state index contributed by atoms with van der Waals surface area (Å²) < 4.78 is 4.84. The molecule has 0 bridgehead atoms. The van der Waals surface area contributed by atoms with Crippen molar-refractivity contribution in [3.63, 3.8) is 0 Å². The average Bonchev–Trinajstić information content (AvgIpc) is 2.62. The zero-order valence-electron chi connectivity index (χ0n) is 14.9. The number of halogens is 5. The van der Waals surface area contributed by atoms with E-state index in [1.54, 1.807) is 0 Å². The van der Waals surface area contributed by atoms with Gasteiger partial charge in [-0.15, -0.1) is 0 Å². The molecular formula is C18H16Br2Cl3N3O2S. The van der Waals surface area contributed by atoms with Gasteiger partial charge in [0.15, 0.2) is 11.3 Å². The molecule has 0 radical (unpaired) electrons. The van der Waals surface area contributed by atoms with Crippen LogP contribution in [0.5, 0.6) is 0 Å². The van der Waals surface area contributed by atoms with E-state index in [1.807, 2.05) is 49.4 Å². The van der Waals surface area contributed by atoms with Gasteiger partial charge in [0.2, 0.25) is 3.79 Å². The van der Waals surface area contributed by atoms with Gasteiger partial charge in [-0.3, -0.25) is 5.32 Å². The van der Waals surface area contributed by atoms with Crippen LogP contribution in [0.1, 0.15) is 11.1 Å². The van der Waals surface area contributed by atoms with Gasteiger partial charge in [-0.2, -0.15) is 0 Å². The average molecular weight is 605 g/mol. The lowest BCUT2D eigenvalue weighted by molar-refractivity contribution is 0.135. The van der Waals surface area contributed by atoms with Crippen LogP contribution < -0.4 is 16.0 Å². The van der Waals surface area contributed by atoms with Crippen LogP contribution in [0, 0.1) is 6.92 Å². The third-order valence-electron chi connectivity index (χ3n) is 3.50. The number of aryl methyl sites for hydroxylation is 1. The number of hydrogen-bond acceptors (Lipinski definition) is 3. The van der Waals surface area contributed by atoms with Gasteiger partial charge in [-0.1, -0.05) is 65.1 Å². The maximum atomic E-state index is 12.1. The number of alkyl halides is 3. The molecule has 1 atom stereocenters. The van der Waals surface area contributed by atoms with Crippen molar-refractivity contribution in [2.24, 2.45) is 0 Å². The van der Waals surface area contributed by atoms with Crippen LogP contribution in [-0.4, -0.2) is 21.2 Å². The molecule has 0 spiro atoms. The van der Waals surface area contributed by atoms with Crippen LogP contribution in [0.25, 0.3) is 0 Å². The number of anilines is 1. The summed E-state index contributed by atoms with van der Waals surface area (Å²) in [6, 6.07) is 13.0.